The van der Waals surface area contributed by atoms with E-state index in [1.807, 2.05) is 13.1 Å². The molecule has 0 aliphatic heterocycles. The van der Waals surface area contributed by atoms with E-state index in [1.54, 1.807) is 0 Å². The zero-order valence-electron chi connectivity index (χ0n) is 16.1. The molecular weight excluding hydrogens is 308 g/mol. The lowest BCUT2D eigenvalue weighted by molar-refractivity contribution is 0.442. The molecule has 1 N–H and O–H groups in total. The molecule has 0 amide bonds. The Balaban J connectivity index is 2.14. The van der Waals surface area contributed by atoms with E-state index in [0.717, 1.165) is 40.9 Å². The Morgan fingerprint density at radius 1 is 1.00 bits per heavy atom. The fraction of sp³-hybridized carbons (Fsp3) is 0.429. The van der Waals surface area contributed by atoms with Gasteiger partial charge in [0.25, 0.3) is 0 Å². The monoisotopic (exact) mass is 336 g/mol. The number of pyridine rings is 1. The van der Waals surface area contributed by atoms with Gasteiger partial charge in [-0.05, 0) is 57.7 Å². The number of aromatic nitrogens is 3. The standard InChI is InChI=1S/C21H28N4/c1-7-17(8-2)25-19-11-16(6)22-12-18(19)21(24-25)23-20-14(4)9-13(3)10-15(20)5/h9-12,17H,7-8H2,1-6H3,(H,23,24). The number of fused-ring (bicyclic) bond motifs is 1. The van der Waals surface area contributed by atoms with Crippen molar-refractivity contribution in [3.8, 4) is 0 Å². The molecule has 4 heteroatoms. The van der Waals surface area contributed by atoms with Crippen LogP contribution < -0.4 is 5.32 Å². The van der Waals surface area contributed by atoms with Gasteiger partial charge in [0.1, 0.15) is 0 Å². The van der Waals surface area contributed by atoms with Gasteiger partial charge in [-0.2, -0.15) is 5.10 Å². The smallest absolute Gasteiger partial charge is 0.161 e. The van der Waals surface area contributed by atoms with E-state index >= 15 is 0 Å². The number of anilines is 2. The first kappa shape index (κ1) is 17.5. The van der Waals surface area contributed by atoms with Gasteiger partial charge in [0.2, 0.25) is 0 Å². The van der Waals surface area contributed by atoms with Crippen molar-refractivity contribution in [2.75, 3.05) is 5.32 Å². The molecule has 0 unspecified atom stereocenters. The van der Waals surface area contributed by atoms with Crippen molar-refractivity contribution >= 4 is 22.4 Å². The number of nitrogens with zero attached hydrogens (tertiary/aromatic N) is 3. The summed E-state index contributed by atoms with van der Waals surface area (Å²) in [6, 6.07) is 6.95. The van der Waals surface area contributed by atoms with E-state index in [2.05, 4.69) is 67.8 Å². The molecule has 2 heterocycles. The summed E-state index contributed by atoms with van der Waals surface area (Å²) in [5.74, 6) is 0.893. The molecule has 0 aliphatic rings. The summed E-state index contributed by atoms with van der Waals surface area (Å²) < 4.78 is 2.17. The van der Waals surface area contributed by atoms with Crippen molar-refractivity contribution < 1.29 is 0 Å². The van der Waals surface area contributed by atoms with E-state index in [4.69, 9.17) is 5.10 Å². The third-order valence-electron chi connectivity index (χ3n) is 4.94. The van der Waals surface area contributed by atoms with Crippen LogP contribution in [0.1, 0.15) is 55.1 Å². The first-order valence-electron chi connectivity index (χ1n) is 9.14. The number of hydrogen-bond acceptors (Lipinski definition) is 3. The van der Waals surface area contributed by atoms with Gasteiger partial charge >= 0.3 is 0 Å². The lowest BCUT2D eigenvalue weighted by Crippen LogP contribution is -2.09. The molecule has 0 fully saturated rings. The quantitative estimate of drug-likeness (QED) is 0.643. The van der Waals surface area contributed by atoms with Gasteiger partial charge in [-0.15, -0.1) is 0 Å². The second-order valence-corrected chi connectivity index (χ2v) is 7.01. The zero-order chi connectivity index (χ0) is 18.1. The highest BCUT2D eigenvalue weighted by atomic mass is 15.3. The number of nitrogens with one attached hydrogen (secondary N) is 1. The van der Waals surface area contributed by atoms with Crippen molar-refractivity contribution in [2.45, 2.75) is 60.4 Å². The second kappa shape index (κ2) is 6.87. The van der Waals surface area contributed by atoms with Crippen LogP contribution in [0.25, 0.3) is 10.9 Å². The molecule has 0 saturated heterocycles. The molecule has 1 aromatic carbocycles. The second-order valence-electron chi connectivity index (χ2n) is 7.01. The van der Waals surface area contributed by atoms with Crippen LogP contribution in [0.15, 0.2) is 24.4 Å². The average Bonchev–Trinajstić information content (AvgIpc) is 2.90. The lowest BCUT2D eigenvalue weighted by atomic mass is 10.1. The number of benzene rings is 1. The van der Waals surface area contributed by atoms with Crippen molar-refractivity contribution in [2.24, 2.45) is 0 Å². The predicted octanol–water partition coefficient (Wildman–Crippen LogP) is 5.77. The van der Waals surface area contributed by atoms with Crippen LogP contribution in [-0.4, -0.2) is 14.8 Å². The molecule has 0 atom stereocenters. The number of aryl methyl sites for hydroxylation is 4. The van der Waals surface area contributed by atoms with Crippen LogP contribution in [0.3, 0.4) is 0 Å². The molecule has 0 aliphatic carbocycles. The Morgan fingerprint density at radius 3 is 2.24 bits per heavy atom. The molecule has 2 aromatic heterocycles. The Hall–Kier alpha value is -2.36. The Labute approximate surface area is 150 Å². The molecule has 3 rings (SSSR count). The van der Waals surface area contributed by atoms with Gasteiger partial charge in [0, 0.05) is 17.6 Å². The van der Waals surface area contributed by atoms with Crippen LogP contribution >= 0.6 is 0 Å². The maximum Gasteiger partial charge on any atom is 0.161 e. The summed E-state index contributed by atoms with van der Waals surface area (Å²) in [6.07, 6.45) is 4.07. The van der Waals surface area contributed by atoms with E-state index in [0.29, 0.717) is 6.04 Å². The van der Waals surface area contributed by atoms with Crippen LogP contribution in [0, 0.1) is 27.7 Å². The van der Waals surface area contributed by atoms with Crippen molar-refractivity contribution in [1.29, 1.82) is 0 Å². The topological polar surface area (TPSA) is 42.7 Å². The fourth-order valence-electron chi connectivity index (χ4n) is 3.63. The van der Waals surface area contributed by atoms with Crippen LogP contribution in [0.5, 0.6) is 0 Å². The van der Waals surface area contributed by atoms with Gasteiger partial charge in [0.15, 0.2) is 5.82 Å². The van der Waals surface area contributed by atoms with Gasteiger partial charge in [-0.1, -0.05) is 31.5 Å². The first-order valence-corrected chi connectivity index (χ1v) is 9.14. The lowest BCUT2D eigenvalue weighted by Gasteiger charge is -2.14. The van der Waals surface area contributed by atoms with Gasteiger partial charge in [0.05, 0.1) is 16.9 Å². The van der Waals surface area contributed by atoms with E-state index in [9.17, 15) is 0 Å². The molecule has 0 spiro atoms. The summed E-state index contributed by atoms with van der Waals surface area (Å²) in [7, 11) is 0. The molecule has 0 bridgehead atoms. The third kappa shape index (κ3) is 3.26. The first-order chi connectivity index (χ1) is 11.9. The zero-order valence-corrected chi connectivity index (χ0v) is 16.1. The summed E-state index contributed by atoms with van der Waals surface area (Å²) >= 11 is 0. The van der Waals surface area contributed by atoms with Crippen molar-refractivity contribution in [1.82, 2.24) is 14.8 Å². The van der Waals surface area contributed by atoms with Crippen LogP contribution in [-0.2, 0) is 0 Å². The maximum absolute atomic E-state index is 4.94. The Kier molecular flexibility index (Phi) is 4.80. The average molecular weight is 336 g/mol. The Morgan fingerprint density at radius 2 is 1.64 bits per heavy atom. The number of hydrogen-bond donors (Lipinski definition) is 1. The molecule has 3 aromatic rings. The van der Waals surface area contributed by atoms with Crippen molar-refractivity contribution in [3.63, 3.8) is 0 Å². The summed E-state index contributed by atoms with van der Waals surface area (Å²) in [5.41, 5.74) is 7.08. The van der Waals surface area contributed by atoms with Gasteiger partial charge < -0.3 is 5.32 Å². The summed E-state index contributed by atoms with van der Waals surface area (Å²) in [4.78, 5) is 4.50. The van der Waals surface area contributed by atoms with E-state index < -0.39 is 0 Å². The highest BCUT2D eigenvalue weighted by molar-refractivity contribution is 5.92. The maximum atomic E-state index is 4.94. The minimum absolute atomic E-state index is 0.403. The van der Waals surface area contributed by atoms with Gasteiger partial charge in [-0.25, -0.2) is 0 Å². The summed E-state index contributed by atoms with van der Waals surface area (Å²) in [5, 5.41) is 9.60. The normalized spacial score (nSPS) is 11.5. The molecule has 0 radical (unpaired) electrons. The molecule has 0 saturated carbocycles. The highest BCUT2D eigenvalue weighted by Crippen LogP contribution is 2.32. The highest BCUT2D eigenvalue weighted by Gasteiger charge is 2.17. The van der Waals surface area contributed by atoms with Crippen LogP contribution in [0.2, 0.25) is 0 Å². The van der Waals surface area contributed by atoms with E-state index in [-0.39, 0.29) is 0 Å². The third-order valence-corrected chi connectivity index (χ3v) is 4.94. The number of rotatable bonds is 5. The molecular formula is C21H28N4. The summed E-state index contributed by atoms with van der Waals surface area (Å²) in [6.45, 7) is 12.9. The molecule has 132 valence electrons. The van der Waals surface area contributed by atoms with E-state index in [1.165, 1.54) is 16.7 Å². The minimum Gasteiger partial charge on any atom is -0.338 e. The molecule has 4 nitrogen and oxygen atoms in total. The largest absolute Gasteiger partial charge is 0.338 e. The Bertz CT molecular complexity index is 881. The van der Waals surface area contributed by atoms with Crippen LogP contribution in [0.4, 0.5) is 11.5 Å². The van der Waals surface area contributed by atoms with Crippen molar-refractivity contribution in [3.05, 3.63) is 46.8 Å². The molecule has 25 heavy (non-hydrogen) atoms. The predicted molar refractivity (Wildman–Crippen MR) is 106 cm³/mol. The minimum atomic E-state index is 0.403. The SMILES string of the molecule is CCC(CC)n1nc(Nc2c(C)cc(C)cc2C)c2cnc(C)cc21. The fourth-order valence-corrected chi connectivity index (χ4v) is 3.63. The van der Waals surface area contributed by atoms with Gasteiger partial charge in [-0.3, -0.25) is 9.67 Å².